The number of hydrogen-bond donors (Lipinski definition) is 0. The van der Waals surface area contributed by atoms with E-state index in [9.17, 15) is 0 Å². The first kappa shape index (κ1) is 14.3. The van der Waals surface area contributed by atoms with E-state index in [1.807, 2.05) is 12.1 Å². The first-order valence-electron chi connectivity index (χ1n) is 5.82. The summed E-state index contributed by atoms with van der Waals surface area (Å²) in [6.45, 7) is 13.0. The fourth-order valence-electron chi connectivity index (χ4n) is 1.45. The van der Waals surface area contributed by atoms with Crippen LogP contribution in [0.3, 0.4) is 0 Å². The Balaban J connectivity index is 2.91. The van der Waals surface area contributed by atoms with Crippen LogP contribution >= 0.6 is 11.1 Å². The Morgan fingerprint density at radius 2 is 1.82 bits per heavy atom. The molecular formula is C14H21ClOSi. The molecule has 0 aliphatic carbocycles. The van der Waals surface area contributed by atoms with Crippen LogP contribution in [-0.4, -0.2) is 14.0 Å². The van der Waals surface area contributed by atoms with E-state index in [0.29, 0.717) is 6.61 Å². The van der Waals surface area contributed by atoms with Gasteiger partial charge in [-0.25, -0.2) is 0 Å². The van der Waals surface area contributed by atoms with Crippen LogP contribution in [0.15, 0.2) is 36.9 Å². The van der Waals surface area contributed by atoms with E-state index in [1.165, 1.54) is 5.19 Å². The topological polar surface area (TPSA) is 9.23 Å². The molecule has 1 nitrogen and oxygen atoms in total. The second-order valence-electron chi connectivity index (χ2n) is 5.38. The fraction of sp³-hybridized carbons (Fsp3) is 0.429. The Morgan fingerprint density at radius 3 is 2.24 bits per heavy atom. The molecule has 0 N–H and O–H groups in total. The monoisotopic (exact) mass is 268 g/mol. The Morgan fingerprint density at radius 1 is 1.29 bits per heavy atom. The molecule has 1 rings (SSSR count). The molecule has 1 unspecified atom stereocenters. The van der Waals surface area contributed by atoms with Gasteiger partial charge in [0.25, 0.3) is 0 Å². The van der Waals surface area contributed by atoms with E-state index in [1.54, 1.807) is 6.08 Å². The van der Waals surface area contributed by atoms with E-state index in [2.05, 4.69) is 46.0 Å². The largest absolute Gasteiger partial charge is 0.490 e. The fourth-order valence-corrected chi connectivity index (χ4v) is 3.49. The summed E-state index contributed by atoms with van der Waals surface area (Å²) >= 11 is 6.78. The average Bonchev–Trinajstić information content (AvgIpc) is 2.25. The summed E-state index contributed by atoms with van der Waals surface area (Å²) in [7, 11) is -1.94. The van der Waals surface area contributed by atoms with Crippen LogP contribution in [0.25, 0.3) is 0 Å². The highest BCUT2D eigenvalue weighted by Gasteiger charge is 2.40. The van der Waals surface area contributed by atoms with Crippen LogP contribution in [0.5, 0.6) is 5.75 Å². The Kier molecular flexibility index (Phi) is 4.45. The van der Waals surface area contributed by atoms with Crippen LogP contribution in [0.4, 0.5) is 0 Å². The first-order valence-corrected chi connectivity index (χ1v) is 9.33. The van der Waals surface area contributed by atoms with E-state index >= 15 is 0 Å². The molecular weight excluding hydrogens is 248 g/mol. The van der Waals surface area contributed by atoms with Crippen LogP contribution in [0, 0.1) is 0 Å². The number of benzene rings is 1. The van der Waals surface area contributed by atoms with Gasteiger partial charge < -0.3 is 4.74 Å². The summed E-state index contributed by atoms with van der Waals surface area (Å²) in [4.78, 5) is 0. The predicted molar refractivity (Wildman–Crippen MR) is 79.0 cm³/mol. The molecule has 0 aliphatic rings. The number of ether oxygens (including phenoxy) is 1. The summed E-state index contributed by atoms with van der Waals surface area (Å²) in [6.07, 6.45) is 1.74. The third kappa shape index (κ3) is 3.36. The van der Waals surface area contributed by atoms with Crippen molar-refractivity contribution < 1.29 is 4.74 Å². The highest BCUT2D eigenvalue weighted by Crippen LogP contribution is 2.38. The van der Waals surface area contributed by atoms with Gasteiger partial charge in [-0.05, 0) is 22.4 Å². The lowest BCUT2D eigenvalue weighted by atomic mass is 10.2. The molecule has 0 radical (unpaired) electrons. The van der Waals surface area contributed by atoms with Crippen molar-refractivity contribution in [1.82, 2.24) is 0 Å². The molecule has 0 spiro atoms. The summed E-state index contributed by atoms with van der Waals surface area (Å²) in [5.74, 6) is 0.865. The molecule has 0 aliphatic heterocycles. The van der Waals surface area contributed by atoms with Gasteiger partial charge in [0.1, 0.15) is 12.4 Å². The molecule has 0 heterocycles. The molecule has 0 aromatic heterocycles. The van der Waals surface area contributed by atoms with Crippen molar-refractivity contribution in [1.29, 1.82) is 0 Å². The van der Waals surface area contributed by atoms with Crippen LogP contribution in [0.2, 0.25) is 11.6 Å². The van der Waals surface area contributed by atoms with Crippen molar-refractivity contribution in [2.75, 3.05) is 6.61 Å². The third-order valence-electron chi connectivity index (χ3n) is 3.17. The van der Waals surface area contributed by atoms with Gasteiger partial charge in [-0.15, -0.1) is 0 Å². The SMILES string of the molecule is C=CCOc1ccc([Si](C)(Cl)C(C)(C)C)cc1. The molecule has 17 heavy (non-hydrogen) atoms. The Labute approximate surface area is 110 Å². The van der Waals surface area contributed by atoms with Crippen LogP contribution < -0.4 is 9.92 Å². The van der Waals surface area contributed by atoms with Gasteiger partial charge in [-0.3, -0.25) is 0 Å². The molecule has 1 aromatic rings. The second-order valence-corrected chi connectivity index (χ2v) is 11.7. The molecule has 3 heteroatoms. The standard InChI is InChI=1S/C14H21ClOSi/c1-6-11-16-12-7-9-13(10-8-12)17(5,15)14(2,3)4/h6-10H,1,11H2,2-5H3. The molecule has 0 fully saturated rings. The van der Waals surface area contributed by atoms with Gasteiger partial charge in [0.2, 0.25) is 0 Å². The molecule has 0 bridgehead atoms. The highest BCUT2D eigenvalue weighted by atomic mass is 35.6. The zero-order valence-electron chi connectivity index (χ0n) is 11.1. The van der Waals surface area contributed by atoms with E-state index in [-0.39, 0.29) is 5.04 Å². The van der Waals surface area contributed by atoms with Crippen molar-refractivity contribution in [3.05, 3.63) is 36.9 Å². The zero-order chi connectivity index (χ0) is 13.1. The van der Waals surface area contributed by atoms with Crippen LogP contribution in [-0.2, 0) is 0 Å². The van der Waals surface area contributed by atoms with Gasteiger partial charge in [0.05, 0.1) is 0 Å². The Bertz CT molecular complexity index is 376. The van der Waals surface area contributed by atoms with Gasteiger partial charge in [-0.2, -0.15) is 11.1 Å². The number of hydrogen-bond acceptors (Lipinski definition) is 1. The Hall–Kier alpha value is -0.733. The van der Waals surface area contributed by atoms with Crippen molar-refractivity contribution >= 4 is 23.6 Å². The summed E-state index contributed by atoms with van der Waals surface area (Å²) in [6, 6.07) is 8.14. The van der Waals surface area contributed by atoms with E-state index in [0.717, 1.165) is 5.75 Å². The van der Waals surface area contributed by atoms with Crippen molar-refractivity contribution in [3.8, 4) is 5.75 Å². The zero-order valence-corrected chi connectivity index (χ0v) is 12.8. The molecule has 94 valence electrons. The second kappa shape index (κ2) is 5.28. The minimum Gasteiger partial charge on any atom is -0.490 e. The first-order chi connectivity index (χ1) is 7.79. The quantitative estimate of drug-likeness (QED) is 0.454. The lowest BCUT2D eigenvalue weighted by Gasteiger charge is -2.34. The predicted octanol–water partition coefficient (Wildman–Crippen LogP) is 4.07. The molecule has 0 amide bonds. The summed E-state index contributed by atoms with van der Waals surface area (Å²) in [5, 5.41) is 1.38. The van der Waals surface area contributed by atoms with Gasteiger partial charge >= 0.3 is 0 Å². The van der Waals surface area contributed by atoms with E-state index in [4.69, 9.17) is 15.8 Å². The molecule has 1 aromatic carbocycles. The lowest BCUT2D eigenvalue weighted by Crippen LogP contribution is -2.47. The molecule has 0 saturated carbocycles. The molecule has 1 atom stereocenters. The van der Waals surface area contributed by atoms with Gasteiger partial charge in [-0.1, -0.05) is 52.1 Å². The number of rotatable bonds is 4. The number of halogens is 1. The molecule has 0 saturated heterocycles. The van der Waals surface area contributed by atoms with Crippen molar-refractivity contribution in [3.63, 3.8) is 0 Å². The maximum absolute atomic E-state index is 6.78. The maximum atomic E-state index is 6.78. The maximum Gasteiger partial charge on any atom is 0.189 e. The summed E-state index contributed by atoms with van der Waals surface area (Å²) in [5.41, 5.74) is 0. The van der Waals surface area contributed by atoms with E-state index < -0.39 is 7.38 Å². The highest BCUT2D eigenvalue weighted by molar-refractivity contribution is 7.28. The minimum absolute atomic E-state index is 0.137. The van der Waals surface area contributed by atoms with Crippen LogP contribution in [0.1, 0.15) is 20.8 Å². The van der Waals surface area contributed by atoms with Gasteiger partial charge in [0.15, 0.2) is 7.38 Å². The average molecular weight is 269 g/mol. The third-order valence-corrected chi connectivity index (χ3v) is 9.76. The smallest absolute Gasteiger partial charge is 0.189 e. The van der Waals surface area contributed by atoms with Crippen molar-refractivity contribution in [2.45, 2.75) is 32.4 Å². The van der Waals surface area contributed by atoms with Gasteiger partial charge in [0, 0.05) is 0 Å². The normalized spacial score (nSPS) is 15.1. The minimum atomic E-state index is -1.94. The van der Waals surface area contributed by atoms with Crippen molar-refractivity contribution in [2.24, 2.45) is 0 Å². The summed E-state index contributed by atoms with van der Waals surface area (Å²) < 4.78 is 5.46. The lowest BCUT2D eigenvalue weighted by molar-refractivity contribution is 0.363.